The lowest BCUT2D eigenvalue weighted by Gasteiger charge is -2.28. The first kappa shape index (κ1) is 23.7. The maximum Gasteiger partial charge on any atom is 0.163 e. The second-order valence-electron chi connectivity index (χ2n) is 9.01. The molecule has 2 heterocycles. The van der Waals surface area contributed by atoms with Crippen molar-refractivity contribution in [1.29, 1.82) is 0 Å². The lowest BCUT2D eigenvalue weighted by Crippen LogP contribution is -2.50. The van der Waals surface area contributed by atoms with E-state index in [1.807, 2.05) is 43.5 Å². The number of carbonyl (C=O) groups excluding carboxylic acids is 1. The summed E-state index contributed by atoms with van der Waals surface area (Å²) in [6.07, 6.45) is 2.66. The second kappa shape index (κ2) is 11.1. The Bertz CT molecular complexity index is 1090. The summed E-state index contributed by atoms with van der Waals surface area (Å²) in [4.78, 5) is 15.6. The topological polar surface area (TPSA) is 50.4 Å². The van der Waals surface area contributed by atoms with Crippen LogP contribution in [-0.4, -0.2) is 32.0 Å². The lowest BCUT2D eigenvalue weighted by molar-refractivity contribution is 0.0976. The van der Waals surface area contributed by atoms with E-state index < -0.39 is 0 Å². The maximum absolute atomic E-state index is 12.9. The molecule has 1 saturated heterocycles. The molecule has 0 bridgehead atoms. The van der Waals surface area contributed by atoms with Crippen LogP contribution >= 0.6 is 11.3 Å². The minimum atomic E-state index is 0.210. The number of carbonyl (C=O) groups is 1. The fourth-order valence-electron chi connectivity index (χ4n) is 4.18. The van der Waals surface area contributed by atoms with E-state index >= 15 is 0 Å². The van der Waals surface area contributed by atoms with Crippen molar-refractivity contribution in [3.8, 4) is 16.2 Å². The number of rotatable bonds is 11. The molecule has 3 aromatic rings. The number of ketones is 1. The van der Waals surface area contributed by atoms with Crippen molar-refractivity contribution in [3.05, 3.63) is 76.2 Å². The Hall–Kier alpha value is -2.47. The van der Waals surface area contributed by atoms with Gasteiger partial charge in [-0.1, -0.05) is 37.3 Å². The molecule has 0 unspecified atom stereocenters. The molecule has 1 aliphatic heterocycles. The van der Waals surface area contributed by atoms with Crippen LogP contribution in [0.2, 0.25) is 0 Å². The van der Waals surface area contributed by atoms with E-state index in [0.717, 1.165) is 49.4 Å². The molecule has 0 aliphatic carbocycles. The molecule has 0 radical (unpaired) electrons. The van der Waals surface area contributed by atoms with Crippen LogP contribution in [0.1, 0.15) is 58.5 Å². The third-order valence-corrected chi connectivity index (χ3v) is 7.48. The first-order valence-corrected chi connectivity index (χ1v) is 12.7. The zero-order valence-corrected chi connectivity index (χ0v) is 20.6. The van der Waals surface area contributed by atoms with Crippen LogP contribution in [0.15, 0.2) is 54.6 Å². The second-order valence-corrected chi connectivity index (χ2v) is 10.2. The predicted octanol–water partition coefficient (Wildman–Crippen LogP) is 5.95. The van der Waals surface area contributed by atoms with Crippen LogP contribution in [0.3, 0.4) is 0 Å². The fraction of sp³-hybridized carbons (Fsp3) is 0.393. The highest BCUT2D eigenvalue weighted by atomic mass is 32.1. The van der Waals surface area contributed by atoms with Crippen LogP contribution in [0.4, 0.5) is 0 Å². The minimum Gasteiger partial charge on any atom is -0.488 e. The Balaban J connectivity index is 1.33. The highest BCUT2D eigenvalue weighted by Gasteiger charge is 2.19. The molecule has 4 rings (SSSR count). The number of nitrogens with one attached hydrogen (secondary N) is 2. The van der Waals surface area contributed by atoms with E-state index in [1.165, 1.54) is 20.9 Å². The number of benzene rings is 2. The van der Waals surface area contributed by atoms with Gasteiger partial charge in [-0.2, -0.15) is 0 Å². The van der Waals surface area contributed by atoms with Gasteiger partial charge in [0.1, 0.15) is 11.9 Å². The molecule has 1 fully saturated rings. The van der Waals surface area contributed by atoms with E-state index in [-0.39, 0.29) is 11.9 Å². The van der Waals surface area contributed by atoms with Gasteiger partial charge < -0.3 is 15.4 Å². The van der Waals surface area contributed by atoms with Gasteiger partial charge in [0, 0.05) is 41.4 Å². The van der Waals surface area contributed by atoms with Gasteiger partial charge in [-0.05, 0) is 73.7 Å². The van der Waals surface area contributed by atoms with E-state index in [0.29, 0.717) is 12.3 Å². The van der Waals surface area contributed by atoms with Crippen LogP contribution in [0.25, 0.3) is 10.4 Å². The van der Waals surface area contributed by atoms with Gasteiger partial charge in [0.15, 0.2) is 5.78 Å². The highest BCUT2D eigenvalue weighted by Crippen LogP contribution is 2.31. The summed E-state index contributed by atoms with van der Waals surface area (Å²) < 4.78 is 5.94. The lowest BCUT2D eigenvalue weighted by atomic mass is 9.92. The molecule has 174 valence electrons. The summed E-state index contributed by atoms with van der Waals surface area (Å²) in [5.41, 5.74) is 4.43. The van der Waals surface area contributed by atoms with Gasteiger partial charge in [0.05, 0.1) is 0 Å². The number of hydrogen-bond donors (Lipinski definition) is 2. The fourth-order valence-corrected chi connectivity index (χ4v) is 5.20. The van der Waals surface area contributed by atoms with Gasteiger partial charge in [-0.25, -0.2) is 0 Å². The van der Waals surface area contributed by atoms with Crippen LogP contribution in [0, 0.1) is 6.92 Å². The third-order valence-electron chi connectivity index (χ3n) is 6.35. The van der Waals surface area contributed by atoms with Gasteiger partial charge in [0.25, 0.3) is 0 Å². The van der Waals surface area contributed by atoms with Crippen LogP contribution in [-0.2, 0) is 6.54 Å². The molecule has 33 heavy (non-hydrogen) atoms. The predicted molar refractivity (Wildman–Crippen MR) is 138 cm³/mol. The van der Waals surface area contributed by atoms with Crippen molar-refractivity contribution >= 4 is 17.1 Å². The Morgan fingerprint density at radius 3 is 2.79 bits per heavy atom. The number of ether oxygens (including phenoxy) is 1. The average Bonchev–Trinajstić information content (AvgIpc) is 3.26. The summed E-state index contributed by atoms with van der Waals surface area (Å²) in [7, 11) is 1.98. The summed E-state index contributed by atoms with van der Waals surface area (Å²) >= 11 is 1.84. The first-order valence-electron chi connectivity index (χ1n) is 11.9. The highest BCUT2D eigenvalue weighted by molar-refractivity contribution is 7.15. The van der Waals surface area contributed by atoms with Gasteiger partial charge in [0.2, 0.25) is 0 Å². The Morgan fingerprint density at radius 1 is 1.18 bits per heavy atom. The molecule has 4 nitrogen and oxygen atoms in total. The van der Waals surface area contributed by atoms with Crippen molar-refractivity contribution in [3.63, 3.8) is 0 Å². The van der Waals surface area contributed by atoms with E-state index in [1.54, 1.807) is 0 Å². The van der Waals surface area contributed by atoms with Crippen LogP contribution < -0.4 is 15.4 Å². The largest absolute Gasteiger partial charge is 0.488 e. The van der Waals surface area contributed by atoms with E-state index in [4.69, 9.17) is 4.74 Å². The molecule has 0 spiro atoms. The first-order chi connectivity index (χ1) is 16.0. The standard InChI is InChI=1S/C28H34N2O2S/c1-19(21-7-5-8-22(14-21)28-13-12-25(33-28)18-29-3)6-4-9-27(31)26-15-23(11-10-20(26)2)32-24-16-30-17-24/h5,7-8,10-15,19,24,29-30H,4,6,9,16-18H2,1-3H3/t19-/m0/s1. The van der Waals surface area contributed by atoms with E-state index in [2.05, 4.69) is 54.0 Å². The van der Waals surface area contributed by atoms with Crippen molar-refractivity contribution in [2.24, 2.45) is 0 Å². The van der Waals surface area contributed by atoms with Gasteiger partial charge in [-0.3, -0.25) is 4.79 Å². The number of thiophene rings is 1. The summed E-state index contributed by atoms with van der Waals surface area (Å²) in [5.74, 6) is 1.42. The van der Waals surface area contributed by atoms with Crippen molar-refractivity contribution in [2.75, 3.05) is 20.1 Å². The average molecular weight is 463 g/mol. The Labute approximate surface area is 201 Å². The molecule has 0 amide bonds. The monoisotopic (exact) mass is 462 g/mol. The molecule has 1 aliphatic rings. The number of aryl methyl sites for hydroxylation is 1. The van der Waals surface area contributed by atoms with E-state index in [9.17, 15) is 4.79 Å². The SMILES string of the molecule is CNCc1ccc(-c2cccc([C@@H](C)CCCC(=O)c3cc(OC4CNC4)ccc3C)c2)s1. The smallest absolute Gasteiger partial charge is 0.163 e. The van der Waals surface area contributed by atoms with Crippen molar-refractivity contribution < 1.29 is 9.53 Å². The third kappa shape index (κ3) is 6.11. The minimum absolute atomic E-state index is 0.210. The molecule has 5 heteroatoms. The van der Waals surface area contributed by atoms with Gasteiger partial charge in [-0.15, -0.1) is 11.3 Å². The molecule has 2 aromatic carbocycles. The Kier molecular flexibility index (Phi) is 7.97. The zero-order chi connectivity index (χ0) is 23.2. The molecule has 1 atom stereocenters. The van der Waals surface area contributed by atoms with Crippen molar-refractivity contribution in [2.45, 2.75) is 51.7 Å². The number of Topliss-reactive ketones (excluding diaryl/α,β-unsaturated/α-hetero) is 1. The molecular weight excluding hydrogens is 428 g/mol. The Morgan fingerprint density at radius 2 is 2.03 bits per heavy atom. The normalized spacial score (nSPS) is 14.6. The number of hydrogen-bond acceptors (Lipinski definition) is 5. The van der Waals surface area contributed by atoms with Gasteiger partial charge >= 0.3 is 0 Å². The molecule has 1 aromatic heterocycles. The van der Waals surface area contributed by atoms with Crippen molar-refractivity contribution in [1.82, 2.24) is 10.6 Å². The molecule has 0 saturated carbocycles. The maximum atomic E-state index is 12.9. The van der Waals surface area contributed by atoms with Crippen LogP contribution in [0.5, 0.6) is 5.75 Å². The summed E-state index contributed by atoms with van der Waals surface area (Å²) in [6, 6.07) is 19.1. The quantitative estimate of drug-likeness (QED) is 0.346. The summed E-state index contributed by atoms with van der Waals surface area (Å²) in [6.45, 7) is 6.92. The zero-order valence-electron chi connectivity index (χ0n) is 19.8. The molecule has 2 N–H and O–H groups in total. The summed E-state index contributed by atoms with van der Waals surface area (Å²) in [5, 5.41) is 6.42. The molecular formula is C28H34N2O2S.